The van der Waals surface area contributed by atoms with Crippen molar-refractivity contribution in [2.24, 2.45) is 0 Å². The van der Waals surface area contributed by atoms with Crippen molar-refractivity contribution in [3.63, 3.8) is 0 Å². The van der Waals surface area contributed by atoms with Crippen LogP contribution in [0.25, 0.3) is 0 Å². The highest BCUT2D eigenvalue weighted by molar-refractivity contribution is 5.98. The molecule has 3 aromatic carbocycles. The van der Waals surface area contributed by atoms with E-state index in [1.54, 1.807) is 19.2 Å². The van der Waals surface area contributed by atoms with Crippen molar-refractivity contribution in [2.75, 3.05) is 51.3 Å². The molecule has 0 saturated carbocycles. The van der Waals surface area contributed by atoms with Crippen LogP contribution in [-0.4, -0.2) is 68.3 Å². The number of ether oxygens (including phenoxy) is 2. The molecule has 6 nitrogen and oxygen atoms in total. The number of aryl methyl sites for hydroxylation is 1. The van der Waals surface area contributed by atoms with Crippen LogP contribution in [0.3, 0.4) is 0 Å². The van der Waals surface area contributed by atoms with Crippen molar-refractivity contribution in [3.05, 3.63) is 90.0 Å². The third-order valence-electron chi connectivity index (χ3n) is 6.38. The second kappa shape index (κ2) is 13.9. The maximum absolute atomic E-state index is 12.8. The van der Waals surface area contributed by atoms with Gasteiger partial charge in [0, 0.05) is 44.8 Å². The Morgan fingerprint density at radius 1 is 0.917 bits per heavy atom. The summed E-state index contributed by atoms with van der Waals surface area (Å²) in [5.74, 6) is 1.44. The highest BCUT2D eigenvalue weighted by Crippen LogP contribution is 2.22. The number of benzene rings is 3. The summed E-state index contributed by atoms with van der Waals surface area (Å²) in [6.07, 6.45) is 0.486. The van der Waals surface area contributed by atoms with E-state index in [0.29, 0.717) is 30.7 Å². The number of hydrogen-bond acceptors (Lipinski definition) is 6. The first-order valence-corrected chi connectivity index (χ1v) is 12.2. The molecule has 1 aliphatic rings. The zero-order valence-corrected chi connectivity index (χ0v) is 21.5. The normalized spacial score (nSPS) is 14.6. The zero-order valence-electron chi connectivity index (χ0n) is 20.7. The Labute approximate surface area is 219 Å². The number of para-hydroxylation sites is 1. The minimum Gasteiger partial charge on any atom is -0.497 e. The third-order valence-corrected chi connectivity index (χ3v) is 6.38. The molecule has 1 unspecified atom stereocenters. The fourth-order valence-electron chi connectivity index (χ4n) is 4.38. The van der Waals surface area contributed by atoms with Gasteiger partial charge in [-0.2, -0.15) is 0 Å². The van der Waals surface area contributed by atoms with Crippen molar-refractivity contribution in [1.82, 2.24) is 4.90 Å². The van der Waals surface area contributed by atoms with Crippen LogP contribution in [0.4, 0.5) is 5.69 Å². The number of aliphatic hydroxyl groups is 1. The van der Waals surface area contributed by atoms with E-state index in [1.807, 2.05) is 54.6 Å². The molecule has 1 atom stereocenters. The molecule has 4 rings (SSSR count). The lowest BCUT2D eigenvalue weighted by molar-refractivity contribution is 0.0655. The summed E-state index contributed by atoms with van der Waals surface area (Å²) in [4.78, 5) is 17.4. The average molecular weight is 511 g/mol. The number of carbonyl (C=O) groups excluding carboxylic acids is 1. The number of anilines is 1. The number of Topliss-reactive ketones (excluding diaryl/α,β-unsaturated/α-hetero) is 1. The van der Waals surface area contributed by atoms with Gasteiger partial charge in [-0.25, -0.2) is 0 Å². The van der Waals surface area contributed by atoms with Gasteiger partial charge in [-0.1, -0.05) is 42.5 Å². The van der Waals surface area contributed by atoms with Crippen LogP contribution >= 0.6 is 12.4 Å². The Morgan fingerprint density at radius 2 is 1.58 bits per heavy atom. The smallest absolute Gasteiger partial charge is 0.166 e. The summed E-state index contributed by atoms with van der Waals surface area (Å²) in [5, 5.41) is 10.6. The number of carbonyl (C=O) groups is 1. The van der Waals surface area contributed by atoms with Crippen LogP contribution in [-0.2, 0) is 6.42 Å². The second-order valence-electron chi connectivity index (χ2n) is 8.86. The van der Waals surface area contributed by atoms with Crippen molar-refractivity contribution in [1.29, 1.82) is 0 Å². The molecule has 0 spiro atoms. The first-order chi connectivity index (χ1) is 17.1. The molecule has 192 valence electrons. The molecular weight excluding hydrogens is 476 g/mol. The van der Waals surface area contributed by atoms with Crippen LogP contribution in [0.1, 0.15) is 22.3 Å². The molecule has 1 aliphatic heterocycles. The minimum atomic E-state index is -0.630. The van der Waals surface area contributed by atoms with Gasteiger partial charge in [-0.3, -0.25) is 9.69 Å². The van der Waals surface area contributed by atoms with Gasteiger partial charge in [-0.05, 0) is 48.4 Å². The average Bonchev–Trinajstić information content (AvgIpc) is 2.92. The number of β-amino-alcohol motifs (C(OH)–C–C–N with tert-alkyl or cyclic N) is 1. The molecule has 3 aromatic rings. The van der Waals surface area contributed by atoms with Gasteiger partial charge in [0.15, 0.2) is 5.78 Å². The number of nitrogens with zero attached hydrogens (tertiary/aromatic N) is 2. The largest absolute Gasteiger partial charge is 0.497 e. The number of halogens is 1. The van der Waals surface area contributed by atoms with E-state index in [1.165, 1.54) is 5.69 Å². The van der Waals surface area contributed by atoms with Crippen molar-refractivity contribution in [3.8, 4) is 11.5 Å². The summed E-state index contributed by atoms with van der Waals surface area (Å²) >= 11 is 0. The molecule has 0 radical (unpaired) electrons. The fourth-order valence-corrected chi connectivity index (χ4v) is 4.38. The van der Waals surface area contributed by atoms with Crippen LogP contribution in [0.15, 0.2) is 78.9 Å². The Hall–Kier alpha value is -3.06. The number of piperazine rings is 1. The van der Waals surface area contributed by atoms with Crippen LogP contribution in [0, 0.1) is 0 Å². The number of rotatable bonds is 11. The van der Waals surface area contributed by atoms with E-state index in [-0.39, 0.29) is 24.8 Å². The first kappa shape index (κ1) is 27.5. The zero-order chi connectivity index (χ0) is 24.5. The quantitative estimate of drug-likeness (QED) is 0.383. The van der Waals surface area contributed by atoms with E-state index in [2.05, 4.69) is 21.9 Å². The van der Waals surface area contributed by atoms with Gasteiger partial charge in [0.25, 0.3) is 0 Å². The molecule has 7 heteroatoms. The Balaban J connectivity index is 0.00000361. The van der Waals surface area contributed by atoms with Crippen molar-refractivity contribution >= 4 is 23.9 Å². The summed E-state index contributed by atoms with van der Waals surface area (Å²) in [5.41, 5.74) is 2.90. The molecular formula is C29H35ClN2O4. The third kappa shape index (κ3) is 7.72. The van der Waals surface area contributed by atoms with Gasteiger partial charge in [0.1, 0.15) is 24.2 Å². The predicted molar refractivity (Wildman–Crippen MR) is 146 cm³/mol. The molecule has 36 heavy (non-hydrogen) atoms. The second-order valence-corrected chi connectivity index (χ2v) is 8.86. The summed E-state index contributed by atoms with van der Waals surface area (Å²) in [6.45, 7) is 4.24. The lowest BCUT2D eigenvalue weighted by Gasteiger charge is -2.36. The van der Waals surface area contributed by atoms with Gasteiger partial charge in [0.05, 0.1) is 12.7 Å². The summed E-state index contributed by atoms with van der Waals surface area (Å²) < 4.78 is 11.1. The lowest BCUT2D eigenvalue weighted by Crippen LogP contribution is -2.49. The van der Waals surface area contributed by atoms with Gasteiger partial charge in [-0.15, -0.1) is 12.4 Å². The monoisotopic (exact) mass is 510 g/mol. The van der Waals surface area contributed by atoms with E-state index in [9.17, 15) is 9.90 Å². The fraction of sp³-hybridized carbons (Fsp3) is 0.345. The molecule has 0 aliphatic carbocycles. The SMILES string of the molecule is COc1ccc(N2CCN(CC(O)COc3ccccc3C(=O)CCc3ccccc3)CC2)cc1.Cl. The maximum Gasteiger partial charge on any atom is 0.166 e. The number of aliphatic hydroxyl groups excluding tert-OH is 1. The highest BCUT2D eigenvalue weighted by Gasteiger charge is 2.20. The van der Waals surface area contributed by atoms with Crippen LogP contribution in [0.2, 0.25) is 0 Å². The number of hydrogen-bond donors (Lipinski definition) is 1. The van der Waals surface area contributed by atoms with Crippen LogP contribution in [0.5, 0.6) is 11.5 Å². The lowest BCUT2D eigenvalue weighted by atomic mass is 10.0. The first-order valence-electron chi connectivity index (χ1n) is 12.2. The topological polar surface area (TPSA) is 62.2 Å². The highest BCUT2D eigenvalue weighted by atomic mass is 35.5. The standard InChI is InChI=1S/C29H34N2O4.ClH/c1-34-26-14-12-24(13-15-26)31-19-17-30(18-20-31)21-25(32)22-35-29-10-6-5-9-27(29)28(33)16-11-23-7-3-2-4-8-23;/h2-10,12-15,25,32H,11,16-22H2,1H3;1H. The molecule has 0 bridgehead atoms. The Kier molecular flexibility index (Phi) is 10.6. The van der Waals surface area contributed by atoms with Gasteiger partial charge >= 0.3 is 0 Å². The summed E-state index contributed by atoms with van der Waals surface area (Å²) in [6, 6.07) is 25.4. The van der Waals surface area contributed by atoms with Crippen LogP contribution < -0.4 is 14.4 Å². The van der Waals surface area contributed by atoms with E-state index < -0.39 is 6.10 Å². The molecule has 1 fully saturated rings. The summed E-state index contributed by atoms with van der Waals surface area (Å²) in [7, 11) is 1.67. The minimum absolute atomic E-state index is 0. The number of methoxy groups -OCH3 is 1. The van der Waals surface area contributed by atoms with E-state index in [0.717, 1.165) is 37.5 Å². The molecule has 1 saturated heterocycles. The molecule has 0 aromatic heterocycles. The van der Waals surface area contributed by atoms with E-state index in [4.69, 9.17) is 9.47 Å². The molecule has 1 N–H and O–H groups in total. The van der Waals surface area contributed by atoms with Crippen molar-refractivity contribution in [2.45, 2.75) is 18.9 Å². The van der Waals surface area contributed by atoms with Gasteiger partial charge in [0.2, 0.25) is 0 Å². The molecule has 0 amide bonds. The van der Waals surface area contributed by atoms with Gasteiger partial charge < -0.3 is 19.5 Å². The number of ketones is 1. The maximum atomic E-state index is 12.8. The Bertz CT molecular complexity index is 1070. The molecule has 1 heterocycles. The van der Waals surface area contributed by atoms with Crippen molar-refractivity contribution < 1.29 is 19.4 Å². The predicted octanol–water partition coefficient (Wildman–Crippen LogP) is 4.49. The Morgan fingerprint density at radius 3 is 2.28 bits per heavy atom. The van der Waals surface area contributed by atoms with E-state index >= 15 is 0 Å².